The minimum atomic E-state index is -1.11. The van der Waals surface area contributed by atoms with E-state index in [4.69, 9.17) is 0 Å². The number of amides is 2. The molecule has 9 nitrogen and oxygen atoms in total. The maximum atomic E-state index is 11.6. The molecule has 0 bridgehead atoms. The number of hydrogen-bond donors (Lipinski definition) is 2. The van der Waals surface area contributed by atoms with Crippen LogP contribution in [-0.2, 0) is 32.2 Å². The van der Waals surface area contributed by atoms with E-state index in [2.05, 4.69) is 30.1 Å². The van der Waals surface area contributed by atoms with E-state index in [1.807, 2.05) is 0 Å². The van der Waals surface area contributed by atoms with Crippen molar-refractivity contribution in [3.05, 3.63) is 60.2 Å². The van der Waals surface area contributed by atoms with Crippen molar-refractivity contribution in [3.8, 4) is 0 Å². The molecule has 0 aromatic carbocycles. The Balaban J connectivity index is 1.56. The number of aromatic nitrogens is 2. The van der Waals surface area contributed by atoms with E-state index in [9.17, 15) is 14.4 Å². The predicted octanol–water partition coefficient (Wildman–Crippen LogP) is 0.562. The summed E-state index contributed by atoms with van der Waals surface area (Å²) in [7, 11) is 0. The Morgan fingerprint density at radius 1 is 0.769 bits per heavy atom. The summed E-state index contributed by atoms with van der Waals surface area (Å²) in [5.41, 5.74) is 1.35. The Morgan fingerprint density at radius 2 is 1.23 bits per heavy atom. The van der Waals surface area contributed by atoms with Crippen LogP contribution in [0.4, 0.5) is 4.79 Å². The number of hydrogen-bond acceptors (Lipinski definition) is 7. The van der Waals surface area contributed by atoms with Crippen molar-refractivity contribution >= 4 is 18.0 Å². The molecule has 2 rings (SSSR count). The number of rotatable bonds is 8. The summed E-state index contributed by atoms with van der Waals surface area (Å²) in [5, 5.41) is 5.07. The molecular weight excluding hydrogens is 340 g/mol. The van der Waals surface area contributed by atoms with E-state index in [1.165, 1.54) is 0 Å². The highest BCUT2D eigenvalue weighted by molar-refractivity contribution is 5.81. The molecular formula is C17H18N4O5. The molecule has 0 fully saturated rings. The van der Waals surface area contributed by atoms with Crippen molar-refractivity contribution in [1.29, 1.82) is 0 Å². The van der Waals surface area contributed by atoms with Crippen molar-refractivity contribution in [2.45, 2.75) is 13.1 Å². The Morgan fingerprint density at radius 3 is 1.62 bits per heavy atom. The minimum Gasteiger partial charge on any atom is -0.424 e. The van der Waals surface area contributed by atoms with Gasteiger partial charge in [-0.25, -0.2) is 4.79 Å². The summed E-state index contributed by atoms with van der Waals surface area (Å²) in [4.78, 5) is 42.6. The van der Waals surface area contributed by atoms with Gasteiger partial charge in [0.15, 0.2) is 13.2 Å². The van der Waals surface area contributed by atoms with Gasteiger partial charge in [-0.15, -0.1) is 0 Å². The standard InChI is InChI=1S/C17H18N4O5/c22-15(20-9-13-5-1-3-7-18-13)11-25-17(24)26-12-16(23)21-10-14-6-2-4-8-19-14/h1-8H,9-12H2,(H,20,22)(H,21,23). The molecule has 9 heteroatoms. The maximum Gasteiger partial charge on any atom is 0.509 e. The molecule has 26 heavy (non-hydrogen) atoms. The zero-order chi connectivity index (χ0) is 18.6. The van der Waals surface area contributed by atoms with Gasteiger partial charge in [-0.05, 0) is 24.3 Å². The molecule has 0 aliphatic rings. The third kappa shape index (κ3) is 7.39. The SMILES string of the molecule is O=C(COC(=O)OCC(=O)NCc1ccccn1)NCc1ccccn1. The van der Waals surface area contributed by atoms with Crippen LogP contribution in [0.15, 0.2) is 48.8 Å². The molecule has 0 saturated heterocycles. The van der Waals surface area contributed by atoms with Crippen LogP contribution in [0.2, 0.25) is 0 Å². The second-order valence-corrected chi connectivity index (χ2v) is 5.02. The fourth-order valence-electron chi connectivity index (χ4n) is 1.78. The first-order valence-electron chi connectivity index (χ1n) is 7.76. The third-order valence-corrected chi connectivity index (χ3v) is 3.03. The number of carbonyl (C=O) groups excluding carboxylic acids is 3. The molecule has 0 aliphatic carbocycles. The average Bonchev–Trinajstić information content (AvgIpc) is 2.69. The predicted molar refractivity (Wildman–Crippen MR) is 89.5 cm³/mol. The van der Waals surface area contributed by atoms with E-state index in [0.29, 0.717) is 11.4 Å². The first-order valence-corrected chi connectivity index (χ1v) is 7.76. The lowest BCUT2D eigenvalue weighted by Gasteiger charge is -2.07. The fraction of sp³-hybridized carbons (Fsp3) is 0.235. The van der Waals surface area contributed by atoms with E-state index >= 15 is 0 Å². The molecule has 0 atom stereocenters. The highest BCUT2D eigenvalue weighted by Gasteiger charge is 2.11. The van der Waals surface area contributed by atoms with Gasteiger partial charge in [-0.3, -0.25) is 19.6 Å². The van der Waals surface area contributed by atoms with E-state index in [0.717, 1.165) is 0 Å². The van der Waals surface area contributed by atoms with Gasteiger partial charge in [0.1, 0.15) is 0 Å². The number of ether oxygens (including phenoxy) is 2. The van der Waals surface area contributed by atoms with Gasteiger partial charge in [0.25, 0.3) is 11.8 Å². The Kier molecular flexibility index (Phi) is 7.53. The van der Waals surface area contributed by atoms with E-state index in [-0.39, 0.29) is 13.1 Å². The smallest absolute Gasteiger partial charge is 0.424 e. The lowest BCUT2D eigenvalue weighted by molar-refractivity contribution is -0.126. The largest absolute Gasteiger partial charge is 0.509 e. The first-order chi connectivity index (χ1) is 12.6. The van der Waals surface area contributed by atoms with Crippen molar-refractivity contribution in [2.24, 2.45) is 0 Å². The molecule has 136 valence electrons. The molecule has 0 saturated carbocycles. The third-order valence-electron chi connectivity index (χ3n) is 3.03. The van der Waals surface area contributed by atoms with Crippen LogP contribution in [0.3, 0.4) is 0 Å². The van der Waals surface area contributed by atoms with Crippen LogP contribution in [-0.4, -0.2) is 41.2 Å². The highest BCUT2D eigenvalue weighted by Crippen LogP contribution is 1.94. The fourth-order valence-corrected chi connectivity index (χ4v) is 1.78. The maximum absolute atomic E-state index is 11.6. The van der Waals surface area contributed by atoms with Gasteiger partial charge in [0, 0.05) is 12.4 Å². The van der Waals surface area contributed by atoms with Gasteiger partial charge in [-0.2, -0.15) is 0 Å². The number of nitrogens with one attached hydrogen (secondary N) is 2. The van der Waals surface area contributed by atoms with Gasteiger partial charge in [-0.1, -0.05) is 12.1 Å². The normalized spacial score (nSPS) is 9.85. The van der Waals surface area contributed by atoms with Crippen molar-refractivity contribution < 1.29 is 23.9 Å². The lowest BCUT2D eigenvalue weighted by Crippen LogP contribution is -2.31. The van der Waals surface area contributed by atoms with Gasteiger partial charge >= 0.3 is 6.16 Å². The molecule has 2 aromatic rings. The Hall–Kier alpha value is -3.49. The van der Waals surface area contributed by atoms with Crippen LogP contribution < -0.4 is 10.6 Å². The van der Waals surface area contributed by atoms with Gasteiger partial charge < -0.3 is 20.1 Å². The molecule has 0 spiro atoms. The molecule has 2 N–H and O–H groups in total. The van der Waals surface area contributed by atoms with Crippen molar-refractivity contribution in [2.75, 3.05) is 13.2 Å². The molecule has 2 heterocycles. The monoisotopic (exact) mass is 358 g/mol. The van der Waals surface area contributed by atoms with E-state index in [1.54, 1.807) is 48.8 Å². The van der Waals surface area contributed by atoms with Gasteiger partial charge in [0.05, 0.1) is 24.5 Å². The lowest BCUT2D eigenvalue weighted by atomic mass is 10.3. The van der Waals surface area contributed by atoms with Crippen LogP contribution in [0.5, 0.6) is 0 Å². The van der Waals surface area contributed by atoms with Crippen LogP contribution >= 0.6 is 0 Å². The molecule has 0 aliphatic heterocycles. The summed E-state index contributed by atoms with van der Waals surface area (Å²) in [6, 6.07) is 10.6. The van der Waals surface area contributed by atoms with Gasteiger partial charge in [0.2, 0.25) is 0 Å². The molecule has 0 unspecified atom stereocenters. The summed E-state index contributed by atoms with van der Waals surface area (Å²) in [6.07, 6.45) is 2.11. The summed E-state index contributed by atoms with van der Waals surface area (Å²) < 4.78 is 9.24. The Bertz CT molecular complexity index is 663. The highest BCUT2D eigenvalue weighted by atomic mass is 16.7. The minimum absolute atomic E-state index is 0.216. The summed E-state index contributed by atoms with van der Waals surface area (Å²) >= 11 is 0. The van der Waals surface area contributed by atoms with Crippen LogP contribution in [0.25, 0.3) is 0 Å². The number of nitrogens with zero attached hydrogens (tertiary/aromatic N) is 2. The quantitative estimate of drug-likeness (QED) is 0.662. The van der Waals surface area contributed by atoms with Crippen LogP contribution in [0.1, 0.15) is 11.4 Å². The molecule has 0 radical (unpaired) electrons. The summed E-state index contributed by atoms with van der Waals surface area (Å²) in [5.74, 6) is -1.01. The summed E-state index contributed by atoms with van der Waals surface area (Å²) in [6.45, 7) is -0.593. The zero-order valence-corrected chi connectivity index (χ0v) is 13.9. The van der Waals surface area contributed by atoms with Crippen molar-refractivity contribution in [1.82, 2.24) is 20.6 Å². The second kappa shape index (κ2) is 10.4. The topological polar surface area (TPSA) is 120 Å². The van der Waals surface area contributed by atoms with Crippen LogP contribution in [0, 0.1) is 0 Å². The number of pyridine rings is 2. The van der Waals surface area contributed by atoms with E-state index < -0.39 is 31.2 Å². The first kappa shape index (κ1) is 18.8. The number of carbonyl (C=O) groups is 3. The average molecular weight is 358 g/mol. The molecule has 2 amide bonds. The molecule has 2 aromatic heterocycles. The Labute approximate surface area is 149 Å². The second-order valence-electron chi connectivity index (χ2n) is 5.02. The zero-order valence-electron chi connectivity index (χ0n) is 13.9. The van der Waals surface area contributed by atoms with Crippen molar-refractivity contribution in [3.63, 3.8) is 0 Å².